The largest absolute Gasteiger partial charge is 0.383 e. The molecule has 248 valence electrons. The van der Waals surface area contributed by atoms with Crippen LogP contribution in [0.15, 0.2) is 79.0 Å². The minimum atomic E-state index is -0.635. The van der Waals surface area contributed by atoms with Gasteiger partial charge in [-0.25, -0.2) is 18.9 Å². The van der Waals surface area contributed by atoms with E-state index >= 15 is 0 Å². The zero-order chi connectivity index (χ0) is 33.5. The summed E-state index contributed by atoms with van der Waals surface area (Å²) in [5, 5.41) is 14.1. The molecule has 0 spiro atoms. The van der Waals surface area contributed by atoms with E-state index in [-0.39, 0.29) is 30.1 Å². The van der Waals surface area contributed by atoms with E-state index in [1.165, 1.54) is 6.07 Å². The number of anilines is 3. The van der Waals surface area contributed by atoms with E-state index in [1.54, 1.807) is 29.3 Å². The molecule has 3 aliphatic heterocycles. The Morgan fingerprint density at radius 1 is 0.898 bits per heavy atom. The van der Waals surface area contributed by atoms with Crippen molar-refractivity contribution in [3.05, 3.63) is 102 Å². The van der Waals surface area contributed by atoms with Gasteiger partial charge in [0.25, 0.3) is 5.91 Å². The predicted molar refractivity (Wildman–Crippen MR) is 181 cm³/mol. The molecule has 2 aromatic carbocycles. The number of hydrogen-bond donors (Lipinski definition) is 3. The minimum absolute atomic E-state index is 0.0544. The maximum Gasteiger partial charge on any atom is 0.255 e. The fraction of sp³-hybridized carbons (Fsp3) is 0.278. The lowest BCUT2D eigenvalue weighted by Crippen LogP contribution is -2.52. The number of nitrogens with zero attached hydrogens (tertiary/aromatic N) is 6. The predicted octanol–water partition coefficient (Wildman–Crippen LogP) is 4.56. The number of pyridine rings is 1. The van der Waals surface area contributed by atoms with Gasteiger partial charge in [0, 0.05) is 43.9 Å². The van der Waals surface area contributed by atoms with Crippen LogP contribution < -0.4 is 20.9 Å². The first-order valence-corrected chi connectivity index (χ1v) is 16.5. The highest BCUT2D eigenvalue weighted by atomic mass is 19.1. The van der Waals surface area contributed by atoms with Crippen molar-refractivity contribution in [1.82, 2.24) is 29.8 Å². The zero-order valence-electron chi connectivity index (χ0n) is 26.6. The quantitative estimate of drug-likeness (QED) is 0.154. The molecule has 49 heavy (non-hydrogen) atoms. The maximum atomic E-state index is 14.0. The van der Waals surface area contributed by atoms with Crippen LogP contribution in [0.5, 0.6) is 0 Å². The molecule has 8 rings (SSSR count). The number of carbonyl (C=O) groups is 3. The number of halogens is 1. The van der Waals surface area contributed by atoms with Gasteiger partial charge >= 0.3 is 0 Å². The molecule has 5 aromatic rings. The molecule has 0 radical (unpaired) electrons. The molecule has 3 N–H and O–H groups in total. The standard InChI is InChI=1S/C36H34FN9O3/c37-24-5-1-4-22(18-24)28-7-3-17-44(28)33-13-12-32-40-20-30(46(32)43-33)27-6-2-8-31(41-27)39-16-15-38-25-9-10-26-23(19-25)21-45(36(26)49)29-11-14-34(47)42-35(29)48/h1-2,4-6,8-10,12-13,18-20,28-29,38H,3,7,11,14-17,21H2,(H,39,41)(H,42,47,48)/t28-,29?/m1/s1. The summed E-state index contributed by atoms with van der Waals surface area (Å²) < 4.78 is 15.8. The summed E-state index contributed by atoms with van der Waals surface area (Å²) >= 11 is 0. The Labute approximate surface area is 281 Å². The van der Waals surface area contributed by atoms with Crippen LogP contribution in [-0.2, 0) is 16.1 Å². The lowest BCUT2D eigenvalue weighted by atomic mass is 10.0. The molecular formula is C36H34FN9O3. The van der Waals surface area contributed by atoms with Gasteiger partial charge in [-0.3, -0.25) is 19.7 Å². The van der Waals surface area contributed by atoms with Crippen LogP contribution in [0.25, 0.3) is 17.0 Å². The van der Waals surface area contributed by atoms with Crippen LogP contribution in [0, 0.1) is 5.82 Å². The highest BCUT2D eigenvalue weighted by Gasteiger charge is 2.39. The van der Waals surface area contributed by atoms with Crippen molar-refractivity contribution >= 4 is 40.7 Å². The maximum absolute atomic E-state index is 14.0. The number of imidazole rings is 1. The molecule has 1 unspecified atom stereocenters. The molecule has 2 saturated heterocycles. The fourth-order valence-corrected chi connectivity index (χ4v) is 7.05. The van der Waals surface area contributed by atoms with Crippen molar-refractivity contribution in [2.45, 2.75) is 44.3 Å². The number of nitrogens with one attached hydrogen (secondary N) is 3. The molecule has 13 heteroatoms. The molecule has 6 heterocycles. The normalized spacial score (nSPS) is 19.0. The molecule has 3 amide bonds. The summed E-state index contributed by atoms with van der Waals surface area (Å²) in [5.41, 5.74) is 5.44. The van der Waals surface area contributed by atoms with E-state index < -0.39 is 11.9 Å². The summed E-state index contributed by atoms with van der Waals surface area (Å²) in [6.45, 7) is 2.34. The number of carbonyl (C=O) groups excluding carboxylic acids is 3. The van der Waals surface area contributed by atoms with E-state index in [0.717, 1.165) is 53.4 Å². The minimum Gasteiger partial charge on any atom is -0.383 e. The molecule has 3 aliphatic rings. The molecule has 2 fully saturated rings. The second-order valence-corrected chi connectivity index (χ2v) is 12.5. The Hall–Kier alpha value is -5.85. The van der Waals surface area contributed by atoms with E-state index in [1.807, 2.05) is 53.0 Å². The molecule has 0 bridgehead atoms. The van der Waals surface area contributed by atoms with E-state index in [2.05, 4.69) is 25.8 Å². The third-order valence-electron chi connectivity index (χ3n) is 9.42. The van der Waals surface area contributed by atoms with Crippen molar-refractivity contribution in [1.29, 1.82) is 0 Å². The first kappa shape index (κ1) is 30.5. The number of amides is 3. The Bertz CT molecular complexity index is 2100. The van der Waals surface area contributed by atoms with Crippen molar-refractivity contribution in [2.75, 3.05) is 35.2 Å². The zero-order valence-corrected chi connectivity index (χ0v) is 26.6. The van der Waals surface area contributed by atoms with Gasteiger partial charge in [-0.15, -0.1) is 5.10 Å². The lowest BCUT2D eigenvalue weighted by molar-refractivity contribution is -0.136. The Balaban J connectivity index is 0.913. The van der Waals surface area contributed by atoms with Gasteiger partial charge in [0.15, 0.2) is 5.65 Å². The van der Waals surface area contributed by atoms with Crippen LogP contribution in [-0.4, -0.2) is 67.9 Å². The number of piperidine rings is 1. The summed E-state index contributed by atoms with van der Waals surface area (Å²) in [5.74, 6) is 0.365. The van der Waals surface area contributed by atoms with Crippen molar-refractivity contribution in [3.8, 4) is 11.4 Å². The van der Waals surface area contributed by atoms with Gasteiger partial charge in [-0.2, -0.15) is 0 Å². The topological polar surface area (TPSA) is 137 Å². The Morgan fingerprint density at radius 3 is 2.65 bits per heavy atom. The first-order chi connectivity index (χ1) is 23.9. The third-order valence-corrected chi connectivity index (χ3v) is 9.42. The van der Waals surface area contributed by atoms with Crippen LogP contribution >= 0.6 is 0 Å². The number of aromatic nitrogens is 4. The molecule has 2 atom stereocenters. The Kier molecular flexibility index (Phi) is 7.86. The van der Waals surface area contributed by atoms with Crippen molar-refractivity contribution in [2.24, 2.45) is 0 Å². The SMILES string of the molecule is O=C1CCC(N2Cc3cc(NCCNc4cccc(-c5cnc6ccc(N7CCC[C@@H]7c7cccc(F)c7)nn56)n4)ccc3C2=O)C(=O)N1. The van der Waals surface area contributed by atoms with E-state index in [4.69, 9.17) is 10.1 Å². The summed E-state index contributed by atoms with van der Waals surface area (Å²) in [7, 11) is 0. The van der Waals surface area contributed by atoms with Crippen LogP contribution in [0.4, 0.5) is 21.7 Å². The van der Waals surface area contributed by atoms with Crippen molar-refractivity contribution in [3.63, 3.8) is 0 Å². The van der Waals surface area contributed by atoms with E-state index in [0.29, 0.717) is 43.1 Å². The third kappa shape index (κ3) is 5.92. The Morgan fingerprint density at radius 2 is 1.78 bits per heavy atom. The fourth-order valence-electron chi connectivity index (χ4n) is 7.05. The van der Waals surface area contributed by atoms with Gasteiger partial charge in [0.2, 0.25) is 11.8 Å². The number of benzene rings is 2. The molecule has 0 saturated carbocycles. The number of hydrogen-bond acceptors (Lipinski definition) is 9. The summed E-state index contributed by atoms with van der Waals surface area (Å²) in [6.07, 6.45) is 4.26. The second-order valence-electron chi connectivity index (χ2n) is 12.5. The summed E-state index contributed by atoms with van der Waals surface area (Å²) in [4.78, 5) is 50.1. The molecule has 3 aromatic heterocycles. The lowest BCUT2D eigenvalue weighted by Gasteiger charge is -2.29. The highest BCUT2D eigenvalue weighted by Crippen LogP contribution is 2.36. The average molecular weight is 660 g/mol. The number of imide groups is 1. The number of fused-ring (bicyclic) bond motifs is 2. The molecule has 12 nitrogen and oxygen atoms in total. The average Bonchev–Trinajstić information content (AvgIpc) is 3.84. The van der Waals surface area contributed by atoms with Gasteiger partial charge in [-0.05, 0) is 85.0 Å². The highest BCUT2D eigenvalue weighted by molar-refractivity contribution is 6.05. The summed E-state index contributed by atoms with van der Waals surface area (Å²) in [6, 6.07) is 21.5. The van der Waals surface area contributed by atoms with Crippen LogP contribution in [0.2, 0.25) is 0 Å². The number of rotatable bonds is 9. The van der Waals surface area contributed by atoms with Crippen molar-refractivity contribution < 1.29 is 18.8 Å². The monoisotopic (exact) mass is 659 g/mol. The molecular weight excluding hydrogens is 625 g/mol. The second kappa shape index (κ2) is 12.6. The van der Waals surface area contributed by atoms with Crippen LogP contribution in [0.1, 0.15) is 53.2 Å². The van der Waals surface area contributed by atoms with E-state index in [9.17, 15) is 18.8 Å². The van der Waals surface area contributed by atoms with Gasteiger partial charge in [0.05, 0.1) is 17.9 Å². The van der Waals surface area contributed by atoms with Gasteiger partial charge in [0.1, 0.15) is 29.2 Å². The van der Waals surface area contributed by atoms with Gasteiger partial charge < -0.3 is 20.4 Å². The smallest absolute Gasteiger partial charge is 0.255 e. The van der Waals surface area contributed by atoms with Gasteiger partial charge in [-0.1, -0.05) is 18.2 Å². The first-order valence-electron chi connectivity index (χ1n) is 16.5. The van der Waals surface area contributed by atoms with Crippen LogP contribution in [0.3, 0.4) is 0 Å². The molecule has 0 aliphatic carbocycles.